The molecule has 7 nitrogen and oxygen atoms in total. The number of aryl methyl sites for hydroxylation is 1. The van der Waals surface area contributed by atoms with E-state index in [0.717, 1.165) is 30.9 Å². The van der Waals surface area contributed by atoms with Crippen molar-refractivity contribution in [2.45, 2.75) is 19.3 Å². The molecule has 0 radical (unpaired) electrons. The molecule has 1 amide bonds. The number of hydrogen-bond acceptors (Lipinski definition) is 6. The molecule has 0 aliphatic carbocycles. The normalized spacial score (nSPS) is 11.4. The van der Waals surface area contributed by atoms with Crippen LogP contribution in [-0.4, -0.2) is 26.3 Å². The van der Waals surface area contributed by atoms with Gasteiger partial charge in [0, 0.05) is 30.9 Å². The van der Waals surface area contributed by atoms with Gasteiger partial charge in [-0.1, -0.05) is 5.16 Å². The van der Waals surface area contributed by atoms with Crippen LogP contribution in [0.25, 0.3) is 0 Å². The Hall–Kier alpha value is -3.48. The number of anilines is 1. The Morgan fingerprint density at radius 1 is 0.938 bits per heavy atom. The number of nitrogens with zero attached hydrogens (tertiary/aromatic N) is 3. The fraction of sp³-hybridized carbons (Fsp3) is 0.167. The standard InChI is InChI=1S/C11H8F3N3O2.C7H3ClF3NO/c1-6-4-9(19-17-6)16-10(18)7-5-15-3-2-8(7)11(12,13)14;8-6(13)4-3-12-2-1-5(4)7(9,10)11/h2-5H,1H3,(H,16,18);1-3H. The van der Waals surface area contributed by atoms with Crippen LogP contribution in [0.2, 0.25) is 0 Å². The minimum Gasteiger partial charge on any atom is -0.338 e. The largest absolute Gasteiger partial charge is 0.417 e. The van der Waals surface area contributed by atoms with E-state index in [1.165, 1.54) is 6.07 Å². The van der Waals surface area contributed by atoms with Crippen molar-refractivity contribution in [2.24, 2.45) is 0 Å². The number of halogens is 7. The predicted octanol–water partition coefficient (Wildman–Crippen LogP) is 5.13. The van der Waals surface area contributed by atoms with Gasteiger partial charge in [0.25, 0.3) is 11.1 Å². The molecule has 0 fully saturated rings. The smallest absolute Gasteiger partial charge is 0.338 e. The van der Waals surface area contributed by atoms with Crippen molar-refractivity contribution in [1.82, 2.24) is 15.1 Å². The van der Waals surface area contributed by atoms with Crippen molar-refractivity contribution in [2.75, 3.05) is 5.32 Å². The van der Waals surface area contributed by atoms with Crippen LogP contribution in [0, 0.1) is 6.92 Å². The lowest BCUT2D eigenvalue weighted by Crippen LogP contribution is -2.18. The first-order chi connectivity index (χ1) is 14.8. The highest BCUT2D eigenvalue weighted by Crippen LogP contribution is 2.32. The number of amides is 1. The highest BCUT2D eigenvalue weighted by molar-refractivity contribution is 6.67. The Labute approximate surface area is 180 Å². The van der Waals surface area contributed by atoms with Crippen LogP contribution in [0.5, 0.6) is 0 Å². The van der Waals surface area contributed by atoms with Crippen molar-refractivity contribution >= 4 is 28.6 Å². The zero-order valence-electron chi connectivity index (χ0n) is 15.8. The molecule has 0 saturated heterocycles. The summed E-state index contributed by atoms with van der Waals surface area (Å²) in [6.07, 6.45) is -5.65. The molecule has 0 bridgehead atoms. The summed E-state index contributed by atoms with van der Waals surface area (Å²) >= 11 is 4.94. The number of nitrogens with one attached hydrogen (secondary N) is 1. The molecule has 3 rings (SSSR count). The third-order valence-electron chi connectivity index (χ3n) is 3.57. The summed E-state index contributed by atoms with van der Waals surface area (Å²) < 4.78 is 79.3. The van der Waals surface area contributed by atoms with E-state index in [1.807, 2.05) is 0 Å². The van der Waals surface area contributed by atoms with Gasteiger partial charge in [-0.15, -0.1) is 0 Å². The van der Waals surface area contributed by atoms with Crippen LogP contribution in [0.1, 0.15) is 37.5 Å². The fourth-order valence-electron chi connectivity index (χ4n) is 2.22. The number of carbonyl (C=O) groups is 2. The summed E-state index contributed by atoms with van der Waals surface area (Å²) in [6, 6.07) is 2.83. The second-order valence-corrected chi connectivity index (χ2v) is 6.24. The van der Waals surface area contributed by atoms with Gasteiger partial charge in [-0.25, -0.2) is 0 Å². The van der Waals surface area contributed by atoms with Crippen LogP contribution in [0.3, 0.4) is 0 Å². The summed E-state index contributed by atoms with van der Waals surface area (Å²) in [5.41, 5.74) is -2.84. The number of pyridine rings is 2. The molecule has 1 N–H and O–H groups in total. The molecule has 0 aliphatic heterocycles. The summed E-state index contributed by atoms with van der Waals surface area (Å²) in [5, 5.41) is 4.52. The summed E-state index contributed by atoms with van der Waals surface area (Å²) in [6.45, 7) is 1.62. The lowest BCUT2D eigenvalue weighted by Gasteiger charge is -2.10. The van der Waals surface area contributed by atoms with E-state index in [-0.39, 0.29) is 5.88 Å². The van der Waals surface area contributed by atoms with Gasteiger partial charge < -0.3 is 4.52 Å². The van der Waals surface area contributed by atoms with E-state index in [4.69, 9.17) is 16.1 Å². The van der Waals surface area contributed by atoms with Crippen LogP contribution in [0.4, 0.5) is 32.2 Å². The third-order valence-corrected chi connectivity index (χ3v) is 3.78. The molecule has 3 heterocycles. The van der Waals surface area contributed by atoms with Gasteiger partial charge in [0.2, 0.25) is 5.88 Å². The van der Waals surface area contributed by atoms with Crippen LogP contribution < -0.4 is 5.32 Å². The SMILES string of the molecule is Cc1cc(NC(=O)c2cnccc2C(F)(F)F)on1.O=C(Cl)c1cnccc1C(F)(F)F. The zero-order chi connectivity index (χ0) is 24.1. The molecule has 0 atom stereocenters. The number of hydrogen-bond donors (Lipinski definition) is 1. The molecule has 32 heavy (non-hydrogen) atoms. The van der Waals surface area contributed by atoms with Gasteiger partial charge >= 0.3 is 12.4 Å². The first-order valence-corrected chi connectivity index (χ1v) is 8.65. The Bertz CT molecular complexity index is 1110. The maximum absolute atomic E-state index is 12.7. The van der Waals surface area contributed by atoms with E-state index in [1.54, 1.807) is 6.92 Å². The summed E-state index contributed by atoms with van der Waals surface area (Å²) in [7, 11) is 0. The zero-order valence-corrected chi connectivity index (χ0v) is 16.5. The van der Waals surface area contributed by atoms with E-state index in [9.17, 15) is 35.9 Å². The Morgan fingerprint density at radius 2 is 1.44 bits per heavy atom. The molecule has 0 spiro atoms. The number of rotatable bonds is 3. The third kappa shape index (κ3) is 6.51. The molecule has 3 aromatic rings. The second kappa shape index (κ2) is 9.77. The molecule has 3 aromatic heterocycles. The molecule has 0 saturated carbocycles. The molecule has 0 aromatic carbocycles. The Balaban J connectivity index is 0.000000244. The molecule has 170 valence electrons. The average molecular weight is 481 g/mol. The predicted molar refractivity (Wildman–Crippen MR) is 97.9 cm³/mol. The average Bonchev–Trinajstić information content (AvgIpc) is 3.11. The van der Waals surface area contributed by atoms with Crippen molar-refractivity contribution in [3.8, 4) is 0 Å². The molecule has 14 heteroatoms. The number of alkyl halides is 6. The number of aromatic nitrogens is 3. The molecular formula is C18H11ClF6N4O3. The van der Waals surface area contributed by atoms with Gasteiger partial charge in [-0.05, 0) is 30.7 Å². The monoisotopic (exact) mass is 480 g/mol. The van der Waals surface area contributed by atoms with E-state index < -0.39 is 45.8 Å². The van der Waals surface area contributed by atoms with Crippen LogP contribution in [-0.2, 0) is 12.4 Å². The lowest BCUT2D eigenvalue weighted by atomic mass is 10.1. The molecular weight excluding hydrogens is 470 g/mol. The topological polar surface area (TPSA) is 98.0 Å². The second-order valence-electron chi connectivity index (χ2n) is 5.90. The molecule has 0 aliphatic rings. The van der Waals surface area contributed by atoms with Gasteiger partial charge in [0.1, 0.15) is 0 Å². The maximum Gasteiger partial charge on any atom is 0.417 e. The number of carbonyl (C=O) groups excluding carboxylic acids is 2. The van der Waals surface area contributed by atoms with E-state index in [0.29, 0.717) is 11.8 Å². The highest BCUT2D eigenvalue weighted by Gasteiger charge is 2.36. The Kier molecular flexibility index (Phi) is 7.56. The van der Waals surface area contributed by atoms with Gasteiger partial charge in [-0.2, -0.15) is 26.3 Å². The van der Waals surface area contributed by atoms with E-state index >= 15 is 0 Å². The first-order valence-electron chi connectivity index (χ1n) is 8.27. The van der Waals surface area contributed by atoms with Crippen molar-refractivity contribution in [1.29, 1.82) is 0 Å². The summed E-state index contributed by atoms with van der Waals surface area (Å²) in [4.78, 5) is 29.2. The maximum atomic E-state index is 12.7. The highest BCUT2D eigenvalue weighted by atomic mass is 35.5. The fourth-order valence-corrected chi connectivity index (χ4v) is 2.37. The van der Waals surface area contributed by atoms with Crippen molar-refractivity contribution < 1.29 is 40.5 Å². The van der Waals surface area contributed by atoms with Crippen LogP contribution in [0.15, 0.2) is 47.5 Å². The van der Waals surface area contributed by atoms with Gasteiger partial charge in [0.05, 0.1) is 27.9 Å². The lowest BCUT2D eigenvalue weighted by molar-refractivity contribution is -0.138. The van der Waals surface area contributed by atoms with Gasteiger partial charge in [-0.3, -0.25) is 24.9 Å². The minimum atomic E-state index is -4.63. The van der Waals surface area contributed by atoms with Crippen LogP contribution >= 0.6 is 11.6 Å². The molecule has 0 unspecified atom stereocenters. The van der Waals surface area contributed by atoms with Crippen molar-refractivity contribution in [3.63, 3.8) is 0 Å². The summed E-state index contributed by atoms with van der Waals surface area (Å²) in [5.74, 6) is -0.990. The van der Waals surface area contributed by atoms with Gasteiger partial charge in [0.15, 0.2) is 0 Å². The quantitative estimate of drug-likeness (QED) is 0.412. The Morgan fingerprint density at radius 3 is 1.84 bits per heavy atom. The van der Waals surface area contributed by atoms with Crippen molar-refractivity contribution in [3.05, 3.63) is 70.9 Å². The minimum absolute atomic E-state index is 0.0283. The van der Waals surface area contributed by atoms with E-state index in [2.05, 4.69) is 20.4 Å². The first kappa shape index (κ1) is 24.8.